The first-order chi connectivity index (χ1) is 8.27. The zero-order chi connectivity index (χ0) is 12.1. The summed E-state index contributed by atoms with van der Waals surface area (Å²) >= 11 is 0. The summed E-state index contributed by atoms with van der Waals surface area (Å²) in [5.74, 6) is -0.485. The maximum absolute atomic E-state index is 11.7. The molecule has 0 radical (unpaired) electrons. The van der Waals surface area contributed by atoms with E-state index in [0.29, 0.717) is 11.3 Å². The monoisotopic (exact) mass is 232 g/mol. The molecule has 0 bridgehead atoms. The Bertz CT molecular complexity index is 433. The second-order valence-corrected chi connectivity index (χ2v) is 4.18. The van der Waals surface area contributed by atoms with E-state index in [2.05, 4.69) is 5.16 Å². The standard InChI is InChI=1S/C13H16N2O2/c14-12-9-5-4-8-11(12)13(16)17-15-10-6-2-1-3-7-10/h4-5,8-9H,1-3,6-7,14H2. The van der Waals surface area contributed by atoms with Gasteiger partial charge in [-0.05, 0) is 37.8 Å². The van der Waals surface area contributed by atoms with Crippen LogP contribution in [0.15, 0.2) is 29.4 Å². The van der Waals surface area contributed by atoms with E-state index in [0.717, 1.165) is 31.4 Å². The third kappa shape index (κ3) is 3.06. The van der Waals surface area contributed by atoms with Gasteiger partial charge in [-0.2, -0.15) is 0 Å². The highest BCUT2D eigenvalue weighted by atomic mass is 16.7. The van der Waals surface area contributed by atoms with Gasteiger partial charge >= 0.3 is 5.97 Å². The summed E-state index contributed by atoms with van der Waals surface area (Å²) in [6.07, 6.45) is 5.35. The maximum Gasteiger partial charge on any atom is 0.367 e. The Kier molecular flexibility index (Phi) is 3.75. The largest absolute Gasteiger partial charge is 0.398 e. The molecule has 1 aliphatic rings. The Morgan fingerprint density at radius 1 is 1.18 bits per heavy atom. The topological polar surface area (TPSA) is 64.7 Å². The fourth-order valence-electron chi connectivity index (χ4n) is 1.89. The minimum absolute atomic E-state index is 0.368. The molecule has 17 heavy (non-hydrogen) atoms. The number of hydrogen-bond donors (Lipinski definition) is 1. The maximum atomic E-state index is 11.7. The van der Waals surface area contributed by atoms with Gasteiger partial charge in [-0.3, -0.25) is 0 Å². The van der Waals surface area contributed by atoms with E-state index >= 15 is 0 Å². The van der Waals surface area contributed by atoms with Gasteiger partial charge < -0.3 is 10.6 Å². The van der Waals surface area contributed by atoms with Gasteiger partial charge in [0.2, 0.25) is 0 Å². The molecule has 0 spiro atoms. The van der Waals surface area contributed by atoms with Crippen LogP contribution in [0.1, 0.15) is 42.5 Å². The van der Waals surface area contributed by atoms with Crippen LogP contribution in [0.5, 0.6) is 0 Å². The minimum Gasteiger partial charge on any atom is -0.398 e. The molecule has 0 atom stereocenters. The van der Waals surface area contributed by atoms with Crippen molar-refractivity contribution in [2.75, 3.05) is 5.73 Å². The summed E-state index contributed by atoms with van der Waals surface area (Å²) in [6, 6.07) is 6.84. The van der Waals surface area contributed by atoms with E-state index in [4.69, 9.17) is 10.6 Å². The molecule has 0 saturated heterocycles. The first-order valence-electron chi connectivity index (χ1n) is 5.89. The first-order valence-corrected chi connectivity index (χ1v) is 5.89. The van der Waals surface area contributed by atoms with Gasteiger partial charge in [0.1, 0.15) is 0 Å². The van der Waals surface area contributed by atoms with Crippen molar-refractivity contribution in [1.82, 2.24) is 0 Å². The number of nitrogens with two attached hydrogens (primary N) is 1. The van der Waals surface area contributed by atoms with Crippen LogP contribution < -0.4 is 5.73 Å². The number of para-hydroxylation sites is 1. The highest BCUT2D eigenvalue weighted by molar-refractivity contribution is 5.95. The van der Waals surface area contributed by atoms with Gasteiger partial charge in [-0.25, -0.2) is 4.79 Å². The summed E-state index contributed by atoms with van der Waals surface area (Å²) in [6.45, 7) is 0. The smallest absolute Gasteiger partial charge is 0.367 e. The van der Waals surface area contributed by atoms with Gasteiger partial charge in [-0.15, -0.1) is 0 Å². The zero-order valence-electron chi connectivity index (χ0n) is 9.69. The summed E-state index contributed by atoms with van der Waals surface area (Å²) in [5.41, 5.74) is 7.44. The molecule has 90 valence electrons. The average molecular weight is 232 g/mol. The second kappa shape index (κ2) is 5.48. The fraction of sp³-hybridized carbons (Fsp3) is 0.385. The Morgan fingerprint density at radius 3 is 2.59 bits per heavy atom. The molecule has 1 aromatic carbocycles. The highest BCUT2D eigenvalue weighted by Crippen LogP contribution is 2.16. The van der Waals surface area contributed by atoms with Crippen LogP contribution in [0.2, 0.25) is 0 Å². The fourth-order valence-corrected chi connectivity index (χ4v) is 1.89. The zero-order valence-corrected chi connectivity index (χ0v) is 9.69. The number of anilines is 1. The van der Waals surface area contributed by atoms with Crippen molar-refractivity contribution >= 4 is 17.4 Å². The Balaban J connectivity index is 2.00. The number of benzene rings is 1. The minimum atomic E-state index is -0.485. The summed E-state index contributed by atoms with van der Waals surface area (Å²) in [4.78, 5) is 16.6. The first kappa shape index (κ1) is 11.6. The number of nitrogen functional groups attached to an aromatic ring is 1. The molecular weight excluding hydrogens is 216 g/mol. The summed E-state index contributed by atoms with van der Waals surface area (Å²) in [5, 5.41) is 3.91. The van der Waals surface area contributed by atoms with Gasteiger partial charge in [0.25, 0.3) is 0 Å². The predicted molar refractivity (Wildman–Crippen MR) is 66.8 cm³/mol. The average Bonchev–Trinajstić information content (AvgIpc) is 2.38. The van der Waals surface area contributed by atoms with E-state index < -0.39 is 5.97 Å². The van der Waals surface area contributed by atoms with Crippen LogP contribution in [-0.4, -0.2) is 11.7 Å². The van der Waals surface area contributed by atoms with Crippen LogP contribution in [0.25, 0.3) is 0 Å². The molecule has 1 aliphatic carbocycles. The third-order valence-electron chi connectivity index (χ3n) is 2.87. The molecule has 4 nitrogen and oxygen atoms in total. The number of hydrogen-bond acceptors (Lipinski definition) is 4. The summed E-state index contributed by atoms with van der Waals surface area (Å²) < 4.78 is 0. The van der Waals surface area contributed by atoms with E-state index in [9.17, 15) is 4.79 Å². The molecule has 1 fully saturated rings. The van der Waals surface area contributed by atoms with E-state index in [1.165, 1.54) is 6.42 Å². The lowest BCUT2D eigenvalue weighted by Gasteiger charge is -2.11. The Hall–Kier alpha value is -1.84. The second-order valence-electron chi connectivity index (χ2n) is 4.18. The van der Waals surface area contributed by atoms with E-state index in [-0.39, 0.29) is 0 Å². The van der Waals surface area contributed by atoms with E-state index in [1.807, 2.05) is 0 Å². The molecule has 1 aromatic rings. The Morgan fingerprint density at radius 2 is 1.88 bits per heavy atom. The van der Waals surface area contributed by atoms with Gasteiger partial charge in [0, 0.05) is 5.69 Å². The molecule has 0 amide bonds. The molecule has 2 rings (SSSR count). The van der Waals surface area contributed by atoms with Gasteiger partial charge in [0.15, 0.2) is 0 Å². The molecule has 0 heterocycles. The lowest BCUT2D eigenvalue weighted by Crippen LogP contribution is -2.09. The lowest BCUT2D eigenvalue weighted by molar-refractivity contribution is 0.0515. The van der Waals surface area contributed by atoms with Crippen molar-refractivity contribution in [3.8, 4) is 0 Å². The van der Waals surface area contributed by atoms with Crippen molar-refractivity contribution in [1.29, 1.82) is 0 Å². The van der Waals surface area contributed by atoms with Crippen molar-refractivity contribution in [3.63, 3.8) is 0 Å². The SMILES string of the molecule is Nc1ccccc1C(=O)ON=C1CCCCC1. The molecule has 0 aromatic heterocycles. The van der Waals surface area contributed by atoms with Crippen LogP contribution in [-0.2, 0) is 4.84 Å². The van der Waals surface area contributed by atoms with Crippen molar-refractivity contribution in [2.24, 2.45) is 5.16 Å². The van der Waals surface area contributed by atoms with Crippen molar-refractivity contribution in [2.45, 2.75) is 32.1 Å². The van der Waals surface area contributed by atoms with Gasteiger partial charge in [0.05, 0.1) is 11.3 Å². The highest BCUT2D eigenvalue weighted by Gasteiger charge is 2.12. The van der Waals surface area contributed by atoms with Gasteiger partial charge in [-0.1, -0.05) is 23.7 Å². The molecule has 1 saturated carbocycles. The summed E-state index contributed by atoms with van der Waals surface area (Å²) in [7, 11) is 0. The molecular formula is C13H16N2O2. The van der Waals surface area contributed by atoms with E-state index in [1.54, 1.807) is 24.3 Å². The Labute approximate surface area is 100 Å². The molecule has 0 unspecified atom stereocenters. The number of carbonyl (C=O) groups is 1. The van der Waals surface area contributed by atoms with Crippen molar-refractivity contribution in [3.05, 3.63) is 29.8 Å². The third-order valence-corrected chi connectivity index (χ3v) is 2.87. The number of carbonyl (C=O) groups excluding carboxylic acids is 1. The molecule has 4 heteroatoms. The lowest BCUT2D eigenvalue weighted by atomic mass is 9.99. The van der Waals surface area contributed by atoms with Crippen molar-refractivity contribution < 1.29 is 9.63 Å². The van der Waals surface area contributed by atoms with Crippen LogP contribution >= 0.6 is 0 Å². The quantitative estimate of drug-likeness (QED) is 0.484. The number of oxime groups is 1. The molecule has 2 N–H and O–H groups in total. The normalized spacial score (nSPS) is 15.4. The van der Waals surface area contributed by atoms with Crippen LogP contribution in [0.3, 0.4) is 0 Å². The predicted octanol–water partition coefficient (Wildman–Crippen LogP) is 2.75. The number of rotatable bonds is 2. The van der Waals surface area contributed by atoms with Crippen LogP contribution in [0.4, 0.5) is 5.69 Å². The van der Waals surface area contributed by atoms with Crippen LogP contribution in [0, 0.1) is 0 Å². The number of nitrogens with zero attached hydrogens (tertiary/aromatic N) is 1. The molecule has 0 aliphatic heterocycles.